The van der Waals surface area contributed by atoms with Crippen molar-refractivity contribution in [1.82, 2.24) is 5.32 Å². The molecule has 0 aromatic heterocycles. The number of hydrogen-bond donors (Lipinski definition) is 1. The van der Waals surface area contributed by atoms with Crippen molar-refractivity contribution in [2.75, 3.05) is 6.54 Å². The Morgan fingerprint density at radius 3 is 3.00 bits per heavy atom. The van der Waals surface area contributed by atoms with Gasteiger partial charge in [0.25, 0.3) is 0 Å². The van der Waals surface area contributed by atoms with Crippen LogP contribution in [0.3, 0.4) is 0 Å². The maximum absolute atomic E-state index is 5.92. The minimum absolute atomic E-state index is 0.0238. The molecule has 1 unspecified atom stereocenters. The summed E-state index contributed by atoms with van der Waals surface area (Å²) in [5.41, 5.74) is 2.81. The Kier molecular flexibility index (Phi) is 3.06. The largest absolute Gasteiger partial charge is 0.487 e. The van der Waals surface area contributed by atoms with Gasteiger partial charge in [0.05, 0.1) is 0 Å². The zero-order valence-corrected chi connectivity index (χ0v) is 11.5. The fraction of sp³-hybridized carbons (Fsp3) is 0.625. The summed E-state index contributed by atoms with van der Waals surface area (Å²) in [4.78, 5) is 0. The van der Waals surface area contributed by atoms with Crippen LogP contribution in [0.2, 0.25) is 0 Å². The van der Waals surface area contributed by atoms with Crippen molar-refractivity contribution in [3.8, 4) is 5.75 Å². The minimum atomic E-state index is -0.0238. The average molecular weight is 245 g/mol. The molecule has 0 amide bonds. The molecule has 0 aliphatic carbocycles. The Morgan fingerprint density at radius 1 is 1.33 bits per heavy atom. The highest BCUT2D eigenvalue weighted by atomic mass is 16.5. The molecule has 1 aromatic carbocycles. The number of nitrogens with one attached hydrogen (secondary N) is 1. The van der Waals surface area contributed by atoms with E-state index in [0.29, 0.717) is 6.04 Å². The van der Waals surface area contributed by atoms with Crippen LogP contribution in [0.5, 0.6) is 5.75 Å². The van der Waals surface area contributed by atoms with Crippen molar-refractivity contribution in [3.05, 3.63) is 29.3 Å². The van der Waals surface area contributed by atoms with Crippen LogP contribution >= 0.6 is 0 Å². The van der Waals surface area contributed by atoms with E-state index in [-0.39, 0.29) is 5.60 Å². The summed E-state index contributed by atoms with van der Waals surface area (Å²) in [5.74, 6) is 1.08. The fourth-order valence-corrected chi connectivity index (χ4v) is 3.17. The van der Waals surface area contributed by atoms with Crippen LogP contribution in [-0.2, 0) is 12.8 Å². The summed E-state index contributed by atoms with van der Waals surface area (Å²) in [6.07, 6.45) is 6.22. The highest BCUT2D eigenvalue weighted by molar-refractivity contribution is 5.42. The molecular weight excluding hydrogens is 222 g/mol. The molecular formula is C16H23NO. The maximum atomic E-state index is 5.92. The van der Waals surface area contributed by atoms with E-state index in [9.17, 15) is 0 Å². The van der Waals surface area contributed by atoms with E-state index >= 15 is 0 Å². The third-order valence-electron chi connectivity index (χ3n) is 4.02. The Labute approximate surface area is 110 Å². The SMILES string of the molecule is CC1(C)Cc2cc(CC3CCCCN3)ccc2O1. The highest BCUT2D eigenvalue weighted by Crippen LogP contribution is 2.35. The van der Waals surface area contributed by atoms with E-state index < -0.39 is 0 Å². The van der Waals surface area contributed by atoms with E-state index in [0.717, 1.165) is 18.6 Å². The summed E-state index contributed by atoms with van der Waals surface area (Å²) in [7, 11) is 0. The first-order valence-electron chi connectivity index (χ1n) is 7.17. The second-order valence-electron chi connectivity index (χ2n) is 6.33. The predicted octanol–water partition coefficient (Wildman–Crippen LogP) is 3.08. The van der Waals surface area contributed by atoms with Gasteiger partial charge in [0.1, 0.15) is 11.4 Å². The van der Waals surface area contributed by atoms with Crippen molar-refractivity contribution in [3.63, 3.8) is 0 Å². The first-order valence-corrected chi connectivity index (χ1v) is 7.17. The fourth-order valence-electron chi connectivity index (χ4n) is 3.17. The number of hydrogen-bond acceptors (Lipinski definition) is 2. The number of rotatable bonds is 2. The molecule has 0 saturated carbocycles. The zero-order valence-electron chi connectivity index (χ0n) is 11.5. The molecule has 1 fully saturated rings. The lowest BCUT2D eigenvalue weighted by Crippen LogP contribution is -2.35. The Balaban J connectivity index is 1.71. The van der Waals surface area contributed by atoms with E-state index in [1.165, 1.54) is 36.9 Å². The third-order valence-corrected chi connectivity index (χ3v) is 4.02. The van der Waals surface area contributed by atoms with Crippen molar-refractivity contribution in [2.24, 2.45) is 0 Å². The van der Waals surface area contributed by atoms with E-state index in [4.69, 9.17) is 4.74 Å². The summed E-state index contributed by atoms with van der Waals surface area (Å²) in [6, 6.07) is 7.41. The van der Waals surface area contributed by atoms with Gasteiger partial charge in [-0.15, -0.1) is 0 Å². The number of piperidine rings is 1. The van der Waals surface area contributed by atoms with Crippen LogP contribution < -0.4 is 10.1 Å². The van der Waals surface area contributed by atoms with Crippen LogP contribution in [0.25, 0.3) is 0 Å². The summed E-state index contributed by atoms with van der Waals surface area (Å²) in [5, 5.41) is 3.62. The van der Waals surface area contributed by atoms with Gasteiger partial charge in [-0.2, -0.15) is 0 Å². The third kappa shape index (κ3) is 2.54. The standard InChI is InChI=1S/C16H23NO/c1-16(2)11-13-9-12(6-7-15(13)18-16)10-14-5-3-4-8-17-14/h6-7,9,14,17H,3-5,8,10-11H2,1-2H3. The Bertz CT molecular complexity index is 433. The zero-order chi connectivity index (χ0) is 12.6. The van der Waals surface area contributed by atoms with Crippen molar-refractivity contribution in [2.45, 2.75) is 57.6 Å². The smallest absolute Gasteiger partial charge is 0.123 e. The topological polar surface area (TPSA) is 21.3 Å². The first kappa shape index (κ1) is 12.0. The van der Waals surface area contributed by atoms with E-state index in [2.05, 4.69) is 37.4 Å². The van der Waals surface area contributed by atoms with Crippen molar-refractivity contribution in [1.29, 1.82) is 0 Å². The van der Waals surface area contributed by atoms with E-state index in [1.54, 1.807) is 0 Å². The lowest BCUT2D eigenvalue weighted by atomic mass is 9.95. The Hall–Kier alpha value is -1.02. The molecule has 1 atom stereocenters. The Morgan fingerprint density at radius 2 is 2.22 bits per heavy atom. The normalized spacial score (nSPS) is 25.6. The minimum Gasteiger partial charge on any atom is -0.487 e. The average Bonchev–Trinajstić information content (AvgIpc) is 2.63. The lowest BCUT2D eigenvalue weighted by molar-refractivity contribution is 0.138. The molecule has 0 bridgehead atoms. The molecule has 1 saturated heterocycles. The van der Waals surface area contributed by atoms with Crippen molar-refractivity contribution < 1.29 is 4.74 Å². The number of benzene rings is 1. The van der Waals surface area contributed by atoms with Crippen LogP contribution in [0, 0.1) is 0 Å². The summed E-state index contributed by atoms with van der Waals surface area (Å²) < 4.78 is 5.92. The van der Waals surface area contributed by atoms with Crippen LogP contribution in [0.15, 0.2) is 18.2 Å². The van der Waals surface area contributed by atoms with Gasteiger partial charge < -0.3 is 10.1 Å². The molecule has 18 heavy (non-hydrogen) atoms. The highest BCUT2D eigenvalue weighted by Gasteiger charge is 2.30. The van der Waals surface area contributed by atoms with Crippen LogP contribution in [0.4, 0.5) is 0 Å². The van der Waals surface area contributed by atoms with Crippen LogP contribution in [0.1, 0.15) is 44.2 Å². The van der Waals surface area contributed by atoms with Gasteiger partial charge in [0.2, 0.25) is 0 Å². The van der Waals surface area contributed by atoms with Gasteiger partial charge in [-0.1, -0.05) is 18.6 Å². The monoisotopic (exact) mass is 245 g/mol. The molecule has 98 valence electrons. The molecule has 2 heterocycles. The van der Waals surface area contributed by atoms with Gasteiger partial charge in [-0.05, 0) is 56.8 Å². The van der Waals surface area contributed by atoms with Gasteiger partial charge in [0, 0.05) is 12.5 Å². The molecule has 2 heteroatoms. The van der Waals surface area contributed by atoms with E-state index in [1.807, 2.05) is 0 Å². The quantitative estimate of drug-likeness (QED) is 0.864. The predicted molar refractivity (Wildman–Crippen MR) is 74.2 cm³/mol. The summed E-state index contributed by atoms with van der Waals surface area (Å²) >= 11 is 0. The van der Waals surface area contributed by atoms with Gasteiger partial charge >= 0.3 is 0 Å². The molecule has 2 nitrogen and oxygen atoms in total. The molecule has 1 aromatic rings. The second kappa shape index (κ2) is 4.58. The van der Waals surface area contributed by atoms with Gasteiger partial charge in [-0.3, -0.25) is 0 Å². The molecule has 0 spiro atoms. The maximum Gasteiger partial charge on any atom is 0.123 e. The molecule has 0 radical (unpaired) electrons. The molecule has 1 N–H and O–H groups in total. The van der Waals surface area contributed by atoms with Crippen molar-refractivity contribution >= 4 is 0 Å². The molecule has 3 rings (SSSR count). The van der Waals surface area contributed by atoms with Crippen LogP contribution in [-0.4, -0.2) is 18.2 Å². The number of fused-ring (bicyclic) bond motifs is 1. The second-order valence-corrected chi connectivity index (χ2v) is 6.33. The number of ether oxygens (including phenoxy) is 1. The lowest BCUT2D eigenvalue weighted by Gasteiger charge is -2.23. The molecule has 2 aliphatic rings. The molecule has 2 aliphatic heterocycles. The van der Waals surface area contributed by atoms with Gasteiger partial charge in [0.15, 0.2) is 0 Å². The summed E-state index contributed by atoms with van der Waals surface area (Å²) in [6.45, 7) is 5.51. The first-order chi connectivity index (χ1) is 8.62. The van der Waals surface area contributed by atoms with Gasteiger partial charge in [-0.25, -0.2) is 0 Å².